The molecule has 13 heavy (non-hydrogen) atoms. The van der Waals surface area contributed by atoms with Crippen molar-refractivity contribution in [3.8, 4) is 0 Å². The Hall–Kier alpha value is -1.10. The first-order valence-corrected chi connectivity index (χ1v) is 4.57. The number of alkyl halides is 1. The van der Waals surface area contributed by atoms with E-state index in [0.717, 1.165) is 0 Å². The van der Waals surface area contributed by atoms with Crippen LogP contribution in [0.3, 0.4) is 0 Å². The van der Waals surface area contributed by atoms with Crippen LogP contribution in [0.5, 0.6) is 0 Å². The monoisotopic (exact) mass is 246 g/mol. The third kappa shape index (κ3) is 1.98. The minimum absolute atomic E-state index is 0.0491. The lowest BCUT2D eigenvalue weighted by Crippen LogP contribution is -2.08. The molecule has 0 aromatic carbocycles. The molecule has 1 heterocycles. The summed E-state index contributed by atoms with van der Waals surface area (Å²) in [4.78, 5) is 22.2. The molecule has 70 valence electrons. The molecule has 0 N–H and O–H groups in total. The van der Waals surface area contributed by atoms with Gasteiger partial charge in [-0.05, 0) is 6.07 Å². The number of esters is 1. The van der Waals surface area contributed by atoms with Gasteiger partial charge >= 0.3 is 5.97 Å². The summed E-state index contributed by atoms with van der Waals surface area (Å²) < 4.78 is 9.25. The molecule has 0 atom stereocenters. The minimum Gasteiger partial charge on any atom is -0.463 e. The Morgan fingerprint density at radius 1 is 1.62 bits per heavy atom. The van der Waals surface area contributed by atoms with Gasteiger partial charge < -0.3 is 9.15 Å². The molecule has 4 nitrogen and oxygen atoms in total. The van der Waals surface area contributed by atoms with Crippen molar-refractivity contribution in [2.24, 2.45) is 0 Å². The minimum atomic E-state index is -0.644. The van der Waals surface area contributed by atoms with Crippen molar-refractivity contribution in [3.63, 3.8) is 0 Å². The number of ketones is 1. The third-order valence-electron chi connectivity index (χ3n) is 1.46. The molecule has 0 unspecified atom stereocenters. The molecule has 1 aromatic heterocycles. The van der Waals surface area contributed by atoms with Gasteiger partial charge in [-0.2, -0.15) is 0 Å². The van der Waals surface area contributed by atoms with Gasteiger partial charge in [-0.1, -0.05) is 15.9 Å². The van der Waals surface area contributed by atoms with Gasteiger partial charge in [0.05, 0.1) is 24.3 Å². The molecule has 0 saturated carbocycles. The molecule has 0 aliphatic heterocycles. The van der Waals surface area contributed by atoms with Crippen LogP contribution in [-0.2, 0) is 4.74 Å². The van der Waals surface area contributed by atoms with Gasteiger partial charge in [0.1, 0.15) is 0 Å². The zero-order chi connectivity index (χ0) is 9.84. The average Bonchev–Trinajstić information content (AvgIpc) is 2.63. The van der Waals surface area contributed by atoms with E-state index in [1.807, 2.05) is 0 Å². The summed E-state index contributed by atoms with van der Waals surface area (Å²) in [5, 5.41) is 0.149. The van der Waals surface area contributed by atoms with Crippen LogP contribution in [0.25, 0.3) is 0 Å². The van der Waals surface area contributed by atoms with Crippen molar-refractivity contribution in [2.75, 3.05) is 12.4 Å². The molecule has 0 spiro atoms. The van der Waals surface area contributed by atoms with E-state index in [4.69, 9.17) is 4.42 Å². The van der Waals surface area contributed by atoms with Gasteiger partial charge in [0.2, 0.25) is 5.76 Å². The Morgan fingerprint density at radius 3 is 2.85 bits per heavy atom. The zero-order valence-electron chi connectivity index (χ0n) is 6.87. The van der Waals surface area contributed by atoms with Gasteiger partial charge in [0, 0.05) is 0 Å². The van der Waals surface area contributed by atoms with Gasteiger partial charge in [-0.3, -0.25) is 4.79 Å². The molecule has 0 saturated heterocycles. The van der Waals surface area contributed by atoms with E-state index < -0.39 is 5.97 Å². The number of rotatable bonds is 3. The maximum Gasteiger partial charge on any atom is 0.374 e. The summed E-state index contributed by atoms with van der Waals surface area (Å²) in [6.45, 7) is 0. The smallest absolute Gasteiger partial charge is 0.374 e. The number of hydrogen-bond donors (Lipinski definition) is 0. The quantitative estimate of drug-likeness (QED) is 0.463. The predicted molar refractivity (Wildman–Crippen MR) is 48.2 cm³/mol. The van der Waals surface area contributed by atoms with E-state index in [1.54, 1.807) is 0 Å². The highest BCUT2D eigenvalue weighted by Gasteiger charge is 2.20. The van der Waals surface area contributed by atoms with Gasteiger partial charge in [-0.25, -0.2) is 4.79 Å². The first kappa shape index (κ1) is 9.98. The molecule has 0 aliphatic rings. The standard InChI is InChI=1S/C8H7BrO4/c1-12-8(11)7-5(2-3-13-7)6(10)4-9/h2-3H,4H2,1H3. The zero-order valence-corrected chi connectivity index (χ0v) is 8.46. The summed E-state index contributed by atoms with van der Waals surface area (Å²) in [7, 11) is 1.23. The first-order chi connectivity index (χ1) is 6.20. The number of halogens is 1. The highest BCUT2D eigenvalue weighted by molar-refractivity contribution is 9.09. The Morgan fingerprint density at radius 2 is 2.31 bits per heavy atom. The molecular formula is C8H7BrO4. The van der Waals surface area contributed by atoms with Crippen LogP contribution in [-0.4, -0.2) is 24.2 Å². The molecule has 0 bridgehead atoms. The largest absolute Gasteiger partial charge is 0.463 e. The van der Waals surface area contributed by atoms with Crippen molar-refractivity contribution < 1.29 is 18.7 Å². The fourth-order valence-electron chi connectivity index (χ4n) is 0.852. The van der Waals surface area contributed by atoms with Crippen molar-refractivity contribution in [3.05, 3.63) is 23.7 Å². The predicted octanol–water partition coefficient (Wildman–Crippen LogP) is 1.64. The number of ether oxygens (including phenoxy) is 1. The van der Waals surface area contributed by atoms with Crippen molar-refractivity contribution in [1.29, 1.82) is 0 Å². The fraction of sp³-hybridized carbons (Fsp3) is 0.250. The van der Waals surface area contributed by atoms with Crippen LogP contribution in [0.2, 0.25) is 0 Å². The van der Waals surface area contributed by atoms with E-state index >= 15 is 0 Å². The summed E-state index contributed by atoms with van der Waals surface area (Å²) >= 11 is 3.00. The maximum absolute atomic E-state index is 11.2. The van der Waals surface area contributed by atoms with Crippen molar-refractivity contribution >= 4 is 27.7 Å². The second kappa shape index (κ2) is 4.23. The van der Waals surface area contributed by atoms with E-state index in [-0.39, 0.29) is 22.4 Å². The lowest BCUT2D eigenvalue weighted by atomic mass is 10.2. The Kier molecular flexibility index (Phi) is 3.25. The topological polar surface area (TPSA) is 56.5 Å². The normalized spacial score (nSPS) is 9.69. The summed E-state index contributed by atoms with van der Waals surface area (Å²) in [5.74, 6) is -0.907. The highest BCUT2D eigenvalue weighted by atomic mass is 79.9. The summed E-state index contributed by atoms with van der Waals surface area (Å²) in [5.41, 5.74) is 0.240. The van der Waals surface area contributed by atoms with Crippen LogP contribution < -0.4 is 0 Å². The average molecular weight is 247 g/mol. The number of methoxy groups -OCH3 is 1. The lowest BCUT2D eigenvalue weighted by molar-refractivity contribution is 0.0561. The number of hydrogen-bond acceptors (Lipinski definition) is 4. The maximum atomic E-state index is 11.2. The Labute approximate surface area is 83.0 Å². The summed E-state index contributed by atoms with van der Waals surface area (Å²) in [6, 6.07) is 1.44. The van der Waals surface area contributed by atoms with Gasteiger partial charge in [-0.15, -0.1) is 0 Å². The van der Waals surface area contributed by atoms with E-state index in [2.05, 4.69) is 20.7 Å². The second-order valence-electron chi connectivity index (χ2n) is 2.21. The van der Waals surface area contributed by atoms with Crippen molar-refractivity contribution in [1.82, 2.24) is 0 Å². The van der Waals surface area contributed by atoms with Gasteiger partial charge in [0.25, 0.3) is 0 Å². The van der Waals surface area contributed by atoms with Crippen LogP contribution in [0.15, 0.2) is 16.7 Å². The van der Waals surface area contributed by atoms with E-state index in [9.17, 15) is 9.59 Å². The number of Topliss-reactive ketones (excluding diaryl/α,β-unsaturated/α-hetero) is 1. The Bertz CT molecular complexity index is 298. The van der Waals surface area contributed by atoms with Crippen LogP contribution in [0.1, 0.15) is 20.9 Å². The number of carbonyl (C=O) groups excluding carboxylic acids is 2. The molecule has 0 aliphatic carbocycles. The van der Waals surface area contributed by atoms with Crippen LogP contribution >= 0.6 is 15.9 Å². The number of carbonyl (C=O) groups is 2. The molecule has 0 radical (unpaired) electrons. The SMILES string of the molecule is COC(=O)c1occc1C(=O)CBr. The molecule has 1 rings (SSSR count). The Balaban J connectivity index is 3.02. The molecule has 5 heteroatoms. The van der Waals surface area contributed by atoms with E-state index in [0.29, 0.717) is 0 Å². The highest BCUT2D eigenvalue weighted by Crippen LogP contribution is 2.13. The lowest BCUT2D eigenvalue weighted by Gasteiger charge is -1.96. The third-order valence-corrected chi connectivity index (χ3v) is 1.97. The summed E-state index contributed by atoms with van der Waals surface area (Å²) in [6.07, 6.45) is 1.28. The number of furan rings is 1. The van der Waals surface area contributed by atoms with Crippen molar-refractivity contribution in [2.45, 2.75) is 0 Å². The van der Waals surface area contributed by atoms with Crippen LogP contribution in [0.4, 0.5) is 0 Å². The second-order valence-corrected chi connectivity index (χ2v) is 2.77. The fourth-order valence-corrected chi connectivity index (χ4v) is 1.15. The molecule has 0 fully saturated rings. The van der Waals surface area contributed by atoms with E-state index in [1.165, 1.54) is 19.4 Å². The van der Waals surface area contributed by atoms with Crippen LogP contribution in [0, 0.1) is 0 Å². The molecule has 1 aromatic rings. The molecular weight excluding hydrogens is 240 g/mol. The molecule has 0 amide bonds. The van der Waals surface area contributed by atoms with Gasteiger partial charge in [0.15, 0.2) is 5.78 Å². The first-order valence-electron chi connectivity index (χ1n) is 3.45.